The molecular weight excluding hydrogens is 334 g/mol. The van der Waals surface area contributed by atoms with E-state index in [1.807, 2.05) is 53.1 Å². The Morgan fingerprint density at radius 3 is 2.52 bits per heavy atom. The van der Waals surface area contributed by atoms with E-state index >= 15 is 0 Å². The maximum Gasteiger partial charge on any atom is 0.143 e. The quantitative estimate of drug-likeness (QED) is 0.519. The van der Waals surface area contributed by atoms with Gasteiger partial charge in [-0.05, 0) is 55.0 Å². The summed E-state index contributed by atoms with van der Waals surface area (Å²) < 4.78 is 1.94. The fourth-order valence-corrected chi connectivity index (χ4v) is 2.96. The molecule has 0 atom stereocenters. The molecular formula is C20H16ClN3O. The predicted octanol–water partition coefficient (Wildman–Crippen LogP) is 5.41. The second-order valence-corrected chi connectivity index (χ2v) is 6.31. The van der Waals surface area contributed by atoms with Crippen molar-refractivity contribution in [3.05, 3.63) is 77.4 Å². The number of anilines is 2. The molecule has 2 aromatic carbocycles. The fourth-order valence-electron chi connectivity index (χ4n) is 2.80. The van der Waals surface area contributed by atoms with E-state index in [0.717, 1.165) is 34.0 Å². The molecule has 0 saturated heterocycles. The highest BCUT2D eigenvalue weighted by Gasteiger charge is 2.15. The Morgan fingerprint density at radius 2 is 1.76 bits per heavy atom. The molecule has 4 aromatic rings. The number of hydrogen-bond acceptors (Lipinski definition) is 3. The average molecular weight is 350 g/mol. The van der Waals surface area contributed by atoms with Crippen LogP contribution in [0.2, 0.25) is 5.02 Å². The molecule has 0 aliphatic carbocycles. The first-order chi connectivity index (χ1) is 12.1. The van der Waals surface area contributed by atoms with E-state index in [1.165, 1.54) is 0 Å². The number of fused-ring (bicyclic) bond motifs is 1. The molecule has 0 amide bonds. The first kappa shape index (κ1) is 15.5. The number of halogens is 1. The van der Waals surface area contributed by atoms with Gasteiger partial charge in [0.2, 0.25) is 0 Å². The fraction of sp³-hybridized carbons (Fsp3) is 0.0500. The third-order valence-corrected chi connectivity index (χ3v) is 4.34. The standard InChI is InChI=1S/C20H16ClN3O/c1-13-4-2-3-5-17(13)22-20-19(14-6-9-16(25)10-7-14)23-18-11-8-15(21)12-24(18)20/h2-12,22,25H,1H3. The predicted molar refractivity (Wildman–Crippen MR) is 102 cm³/mol. The van der Waals surface area contributed by atoms with E-state index < -0.39 is 0 Å². The molecule has 0 aliphatic rings. The molecule has 5 heteroatoms. The minimum atomic E-state index is 0.226. The van der Waals surface area contributed by atoms with Crippen LogP contribution >= 0.6 is 11.6 Å². The van der Waals surface area contributed by atoms with Crippen molar-refractivity contribution in [2.45, 2.75) is 6.92 Å². The van der Waals surface area contributed by atoms with Gasteiger partial charge in [0.25, 0.3) is 0 Å². The van der Waals surface area contributed by atoms with E-state index in [1.54, 1.807) is 12.1 Å². The Labute approximate surface area is 150 Å². The van der Waals surface area contributed by atoms with Gasteiger partial charge in [-0.25, -0.2) is 4.98 Å². The lowest BCUT2D eigenvalue weighted by atomic mass is 10.1. The molecule has 0 bridgehead atoms. The van der Waals surface area contributed by atoms with Crippen molar-refractivity contribution in [3.63, 3.8) is 0 Å². The normalized spacial score (nSPS) is 11.0. The lowest BCUT2D eigenvalue weighted by Gasteiger charge is -2.11. The zero-order valence-corrected chi connectivity index (χ0v) is 14.3. The summed E-state index contributed by atoms with van der Waals surface area (Å²) in [7, 11) is 0. The molecule has 0 unspecified atom stereocenters. The van der Waals surface area contributed by atoms with Crippen LogP contribution in [-0.2, 0) is 0 Å². The molecule has 0 saturated carbocycles. The maximum absolute atomic E-state index is 9.56. The van der Waals surface area contributed by atoms with Crippen molar-refractivity contribution < 1.29 is 5.11 Å². The minimum Gasteiger partial charge on any atom is -0.508 e. The van der Waals surface area contributed by atoms with Crippen molar-refractivity contribution in [3.8, 4) is 17.0 Å². The number of imidazole rings is 1. The minimum absolute atomic E-state index is 0.226. The van der Waals surface area contributed by atoms with Gasteiger partial charge in [-0.1, -0.05) is 29.8 Å². The van der Waals surface area contributed by atoms with Crippen LogP contribution in [0.5, 0.6) is 5.75 Å². The molecule has 124 valence electrons. The van der Waals surface area contributed by atoms with Crippen LogP contribution in [0.4, 0.5) is 11.5 Å². The lowest BCUT2D eigenvalue weighted by Crippen LogP contribution is -1.98. The second-order valence-electron chi connectivity index (χ2n) is 5.87. The molecule has 0 radical (unpaired) electrons. The van der Waals surface area contributed by atoms with Crippen LogP contribution in [0.25, 0.3) is 16.9 Å². The molecule has 4 nitrogen and oxygen atoms in total. The van der Waals surface area contributed by atoms with Crippen molar-refractivity contribution in [1.82, 2.24) is 9.38 Å². The summed E-state index contributed by atoms with van der Waals surface area (Å²) in [5.41, 5.74) is 4.64. The molecule has 2 N–H and O–H groups in total. The van der Waals surface area contributed by atoms with E-state index in [0.29, 0.717) is 5.02 Å². The zero-order valence-electron chi connectivity index (χ0n) is 13.6. The summed E-state index contributed by atoms with van der Waals surface area (Å²) in [5, 5.41) is 13.7. The van der Waals surface area contributed by atoms with Crippen molar-refractivity contribution in [2.24, 2.45) is 0 Å². The van der Waals surface area contributed by atoms with Gasteiger partial charge in [-0.2, -0.15) is 0 Å². The van der Waals surface area contributed by atoms with Crippen LogP contribution < -0.4 is 5.32 Å². The number of aromatic hydroxyl groups is 1. The maximum atomic E-state index is 9.56. The van der Waals surface area contributed by atoms with Gasteiger partial charge >= 0.3 is 0 Å². The molecule has 25 heavy (non-hydrogen) atoms. The van der Waals surface area contributed by atoms with Gasteiger partial charge in [-0.15, -0.1) is 0 Å². The van der Waals surface area contributed by atoms with Gasteiger partial charge in [-0.3, -0.25) is 4.40 Å². The molecule has 2 aromatic heterocycles. The van der Waals surface area contributed by atoms with Crippen LogP contribution in [0, 0.1) is 6.92 Å². The first-order valence-electron chi connectivity index (χ1n) is 7.91. The van der Waals surface area contributed by atoms with E-state index in [-0.39, 0.29) is 5.75 Å². The summed E-state index contributed by atoms with van der Waals surface area (Å²) in [6.45, 7) is 2.05. The summed E-state index contributed by atoms with van der Waals surface area (Å²) in [6, 6.07) is 18.8. The highest BCUT2D eigenvalue weighted by molar-refractivity contribution is 6.30. The van der Waals surface area contributed by atoms with Crippen LogP contribution in [0.15, 0.2) is 66.9 Å². The third-order valence-electron chi connectivity index (χ3n) is 4.12. The van der Waals surface area contributed by atoms with E-state index in [9.17, 15) is 5.11 Å². The van der Waals surface area contributed by atoms with Crippen molar-refractivity contribution >= 4 is 28.8 Å². The topological polar surface area (TPSA) is 49.6 Å². The number of pyridine rings is 1. The Balaban J connectivity index is 1.93. The van der Waals surface area contributed by atoms with Crippen LogP contribution in [-0.4, -0.2) is 14.5 Å². The molecule has 0 spiro atoms. The van der Waals surface area contributed by atoms with Crippen LogP contribution in [0.1, 0.15) is 5.56 Å². The number of nitrogens with one attached hydrogen (secondary N) is 1. The molecule has 4 rings (SSSR count). The van der Waals surface area contributed by atoms with Gasteiger partial charge in [0.1, 0.15) is 22.9 Å². The summed E-state index contributed by atoms with van der Waals surface area (Å²) in [4.78, 5) is 4.74. The molecule has 0 aliphatic heterocycles. The number of aryl methyl sites for hydroxylation is 1. The zero-order chi connectivity index (χ0) is 17.4. The summed E-state index contributed by atoms with van der Waals surface area (Å²) in [6.07, 6.45) is 1.84. The van der Waals surface area contributed by atoms with Crippen LogP contribution in [0.3, 0.4) is 0 Å². The van der Waals surface area contributed by atoms with Gasteiger partial charge in [0, 0.05) is 17.4 Å². The Morgan fingerprint density at radius 1 is 1.00 bits per heavy atom. The Bertz CT molecular complexity index is 1050. The van der Waals surface area contributed by atoms with E-state index in [4.69, 9.17) is 16.6 Å². The number of aromatic nitrogens is 2. The lowest BCUT2D eigenvalue weighted by molar-refractivity contribution is 0.475. The number of hydrogen-bond donors (Lipinski definition) is 2. The first-order valence-corrected chi connectivity index (χ1v) is 8.29. The van der Waals surface area contributed by atoms with Gasteiger partial charge in [0.05, 0.1) is 5.02 Å². The number of nitrogens with zero attached hydrogens (tertiary/aromatic N) is 2. The third kappa shape index (κ3) is 2.92. The Hall–Kier alpha value is -2.98. The average Bonchev–Trinajstić information content (AvgIpc) is 2.95. The van der Waals surface area contributed by atoms with Gasteiger partial charge < -0.3 is 10.4 Å². The SMILES string of the molecule is Cc1ccccc1Nc1c(-c2ccc(O)cc2)nc2ccc(Cl)cn12. The van der Waals surface area contributed by atoms with E-state index in [2.05, 4.69) is 18.3 Å². The number of benzene rings is 2. The van der Waals surface area contributed by atoms with Crippen molar-refractivity contribution in [2.75, 3.05) is 5.32 Å². The number of phenols is 1. The number of phenolic OH excluding ortho intramolecular Hbond substituents is 1. The highest BCUT2D eigenvalue weighted by Crippen LogP contribution is 2.33. The van der Waals surface area contributed by atoms with Gasteiger partial charge in [0.15, 0.2) is 0 Å². The van der Waals surface area contributed by atoms with Crippen molar-refractivity contribution in [1.29, 1.82) is 0 Å². The molecule has 2 heterocycles. The largest absolute Gasteiger partial charge is 0.508 e. The smallest absolute Gasteiger partial charge is 0.143 e. The summed E-state index contributed by atoms with van der Waals surface area (Å²) in [5.74, 6) is 1.06. The highest BCUT2D eigenvalue weighted by atomic mass is 35.5. The Kier molecular flexibility index (Phi) is 3.82. The number of para-hydroxylation sites is 1. The second kappa shape index (κ2) is 6.15. The summed E-state index contributed by atoms with van der Waals surface area (Å²) >= 11 is 6.19. The number of rotatable bonds is 3. The monoisotopic (exact) mass is 349 g/mol. The molecule has 0 fully saturated rings.